The highest BCUT2D eigenvalue weighted by Gasteiger charge is 2.23. The Bertz CT molecular complexity index is 1150. The number of nitrogens with zero attached hydrogens (tertiary/aromatic N) is 2. The number of aromatic nitrogens is 3. The average Bonchev–Trinajstić information content (AvgIpc) is 3.23. The number of hydrogen-bond donors (Lipinski definition) is 2. The van der Waals surface area contributed by atoms with Crippen LogP contribution in [0.15, 0.2) is 36.4 Å². The summed E-state index contributed by atoms with van der Waals surface area (Å²) in [7, 11) is 0. The van der Waals surface area contributed by atoms with E-state index in [1.165, 1.54) is 0 Å². The summed E-state index contributed by atoms with van der Waals surface area (Å²) >= 11 is 5.35. The van der Waals surface area contributed by atoms with Crippen molar-refractivity contribution in [2.24, 2.45) is 0 Å². The van der Waals surface area contributed by atoms with Gasteiger partial charge >= 0.3 is 0 Å². The number of amides is 1. The van der Waals surface area contributed by atoms with E-state index in [9.17, 15) is 4.79 Å². The van der Waals surface area contributed by atoms with Crippen LogP contribution < -0.4 is 14.8 Å². The zero-order chi connectivity index (χ0) is 21.3. The van der Waals surface area contributed by atoms with Crippen LogP contribution >= 0.6 is 12.2 Å². The largest absolute Gasteiger partial charge is 0.492 e. The molecule has 7 nitrogen and oxygen atoms in total. The van der Waals surface area contributed by atoms with Crippen molar-refractivity contribution in [3.05, 3.63) is 52.3 Å². The van der Waals surface area contributed by atoms with E-state index < -0.39 is 0 Å². The molecule has 0 radical (unpaired) electrons. The predicted molar refractivity (Wildman–Crippen MR) is 118 cm³/mol. The molecule has 0 aliphatic carbocycles. The summed E-state index contributed by atoms with van der Waals surface area (Å²) in [6, 6.07) is 11.7. The fraction of sp³-hybridized carbons (Fsp3) is 0.318. The number of fused-ring (bicyclic) bond motifs is 1. The van der Waals surface area contributed by atoms with E-state index in [1.54, 1.807) is 4.57 Å². The molecule has 4 rings (SSSR count). The first-order valence-electron chi connectivity index (χ1n) is 9.93. The molecule has 1 atom stereocenters. The normalized spacial score (nSPS) is 14.8. The third-order valence-corrected chi connectivity index (χ3v) is 5.22. The molecule has 30 heavy (non-hydrogen) atoms. The molecule has 0 unspecified atom stereocenters. The smallest absolute Gasteiger partial charge is 0.244 e. The molecule has 1 aromatic heterocycles. The third-order valence-electron chi connectivity index (χ3n) is 4.91. The lowest BCUT2D eigenvalue weighted by Crippen LogP contribution is -2.20. The minimum Gasteiger partial charge on any atom is -0.492 e. The zero-order valence-corrected chi connectivity index (χ0v) is 18.0. The topological polar surface area (TPSA) is 81.2 Å². The Hall–Kier alpha value is -3.13. The summed E-state index contributed by atoms with van der Waals surface area (Å²) in [6.07, 6.45) is 0.940. The Labute approximate surface area is 180 Å². The molecule has 1 amide bonds. The molecule has 2 aromatic carbocycles. The molecule has 8 heteroatoms. The van der Waals surface area contributed by atoms with Crippen molar-refractivity contribution in [2.45, 2.75) is 39.8 Å². The van der Waals surface area contributed by atoms with E-state index in [0.29, 0.717) is 28.6 Å². The minimum atomic E-state index is -0.228. The molecule has 0 saturated heterocycles. The molecule has 1 aliphatic heterocycles. The van der Waals surface area contributed by atoms with Gasteiger partial charge < -0.3 is 14.8 Å². The number of H-pyrrole nitrogens is 1. The number of carbonyl (C=O) groups is 1. The second-order valence-electron chi connectivity index (χ2n) is 7.38. The number of hydrogen-bond acceptors (Lipinski definition) is 5. The Kier molecular flexibility index (Phi) is 5.59. The second-order valence-corrected chi connectivity index (χ2v) is 7.76. The van der Waals surface area contributed by atoms with Crippen molar-refractivity contribution in [3.8, 4) is 22.9 Å². The summed E-state index contributed by atoms with van der Waals surface area (Å²) in [5.41, 5.74) is 3.67. The molecule has 3 aromatic rings. The van der Waals surface area contributed by atoms with Gasteiger partial charge in [-0.25, -0.2) is 0 Å². The van der Waals surface area contributed by atoms with Crippen molar-refractivity contribution in [1.29, 1.82) is 0 Å². The standard InChI is InChI=1S/C22H24N4O3S/c1-4-28-19-10-16-9-14(3)29-18(16)11-17(19)23-20(27)12-26-21(24-25-22(26)30)15-7-5-6-13(2)8-15/h5-8,10-11,14H,4,9,12H2,1-3H3,(H,23,27)(H,25,30)/t14-/m0/s1. The van der Waals surface area contributed by atoms with E-state index in [1.807, 2.05) is 57.2 Å². The maximum atomic E-state index is 12.9. The van der Waals surface area contributed by atoms with Gasteiger partial charge in [0.2, 0.25) is 5.91 Å². The summed E-state index contributed by atoms with van der Waals surface area (Å²) in [4.78, 5) is 12.9. The lowest BCUT2D eigenvalue weighted by molar-refractivity contribution is -0.116. The van der Waals surface area contributed by atoms with Gasteiger partial charge in [0.25, 0.3) is 0 Å². The highest BCUT2D eigenvalue weighted by molar-refractivity contribution is 7.71. The van der Waals surface area contributed by atoms with Gasteiger partial charge in [-0.05, 0) is 45.1 Å². The summed E-state index contributed by atoms with van der Waals surface area (Å²) in [5.74, 6) is 1.81. The van der Waals surface area contributed by atoms with Crippen molar-refractivity contribution >= 4 is 23.8 Å². The molecule has 0 fully saturated rings. The first-order valence-corrected chi connectivity index (χ1v) is 10.3. The summed E-state index contributed by atoms with van der Waals surface area (Å²) in [5, 5.41) is 10.0. The number of nitrogens with one attached hydrogen (secondary N) is 2. The van der Waals surface area contributed by atoms with Gasteiger partial charge in [-0.3, -0.25) is 14.5 Å². The van der Waals surface area contributed by atoms with Crippen molar-refractivity contribution < 1.29 is 14.3 Å². The Morgan fingerprint density at radius 2 is 2.23 bits per heavy atom. The maximum absolute atomic E-state index is 12.9. The molecular weight excluding hydrogens is 400 g/mol. The highest BCUT2D eigenvalue weighted by Crippen LogP contribution is 2.38. The van der Waals surface area contributed by atoms with Gasteiger partial charge in [0.05, 0.1) is 12.3 Å². The molecule has 2 N–H and O–H groups in total. The van der Waals surface area contributed by atoms with Gasteiger partial charge in [-0.2, -0.15) is 5.10 Å². The van der Waals surface area contributed by atoms with E-state index >= 15 is 0 Å². The van der Waals surface area contributed by atoms with Gasteiger partial charge in [0, 0.05) is 23.6 Å². The lowest BCUT2D eigenvalue weighted by Gasteiger charge is -2.14. The number of aromatic amines is 1. The maximum Gasteiger partial charge on any atom is 0.244 e. The first-order chi connectivity index (χ1) is 14.4. The number of anilines is 1. The molecule has 156 valence electrons. The number of ether oxygens (including phenoxy) is 2. The Balaban J connectivity index is 1.59. The first kappa shape index (κ1) is 20.2. The third kappa shape index (κ3) is 4.09. The van der Waals surface area contributed by atoms with Crippen LogP contribution in [-0.2, 0) is 17.8 Å². The molecule has 1 aliphatic rings. The van der Waals surface area contributed by atoms with Crippen LogP contribution in [0.1, 0.15) is 25.0 Å². The van der Waals surface area contributed by atoms with Crippen LogP contribution in [0.25, 0.3) is 11.4 Å². The van der Waals surface area contributed by atoms with Crippen LogP contribution in [-0.4, -0.2) is 33.4 Å². The monoisotopic (exact) mass is 424 g/mol. The fourth-order valence-electron chi connectivity index (χ4n) is 3.61. The number of aryl methyl sites for hydroxylation is 1. The van der Waals surface area contributed by atoms with Crippen molar-refractivity contribution in [1.82, 2.24) is 14.8 Å². The summed E-state index contributed by atoms with van der Waals surface area (Å²) < 4.78 is 13.7. The average molecular weight is 425 g/mol. The van der Waals surface area contributed by atoms with Crippen molar-refractivity contribution in [2.75, 3.05) is 11.9 Å². The van der Waals surface area contributed by atoms with Crippen LogP contribution in [0, 0.1) is 11.7 Å². The van der Waals surface area contributed by atoms with Gasteiger partial charge in [0.1, 0.15) is 24.1 Å². The molecule has 0 spiro atoms. The van der Waals surface area contributed by atoms with E-state index in [4.69, 9.17) is 21.7 Å². The lowest BCUT2D eigenvalue weighted by atomic mass is 10.1. The van der Waals surface area contributed by atoms with Crippen LogP contribution in [0.2, 0.25) is 0 Å². The summed E-state index contributed by atoms with van der Waals surface area (Å²) in [6.45, 7) is 6.47. The SMILES string of the molecule is CCOc1cc2c(cc1NC(=O)Cn1c(-c3cccc(C)c3)n[nH]c1=S)O[C@@H](C)C2. The quantitative estimate of drug-likeness (QED) is 0.578. The van der Waals surface area contributed by atoms with Crippen LogP contribution in [0.3, 0.4) is 0 Å². The van der Waals surface area contributed by atoms with Gasteiger partial charge in [-0.15, -0.1) is 0 Å². The van der Waals surface area contributed by atoms with Gasteiger partial charge in [0.15, 0.2) is 10.6 Å². The van der Waals surface area contributed by atoms with Crippen LogP contribution in [0.4, 0.5) is 5.69 Å². The van der Waals surface area contributed by atoms with Gasteiger partial charge in [-0.1, -0.05) is 23.8 Å². The number of rotatable bonds is 6. The highest BCUT2D eigenvalue weighted by atomic mass is 32.1. The molecular formula is C22H24N4O3S. The molecule has 2 heterocycles. The van der Waals surface area contributed by atoms with E-state index in [2.05, 4.69) is 15.5 Å². The predicted octanol–water partition coefficient (Wildman–Crippen LogP) is 4.28. The molecule has 0 saturated carbocycles. The zero-order valence-electron chi connectivity index (χ0n) is 17.2. The Morgan fingerprint density at radius 3 is 3.00 bits per heavy atom. The minimum absolute atomic E-state index is 0.0263. The fourth-order valence-corrected chi connectivity index (χ4v) is 3.81. The van der Waals surface area contributed by atoms with Crippen molar-refractivity contribution in [3.63, 3.8) is 0 Å². The van der Waals surface area contributed by atoms with E-state index in [-0.39, 0.29) is 18.6 Å². The number of carbonyl (C=O) groups excluding carboxylic acids is 1. The Morgan fingerprint density at radius 1 is 1.40 bits per heavy atom. The molecule has 0 bridgehead atoms. The van der Waals surface area contributed by atoms with Crippen LogP contribution in [0.5, 0.6) is 11.5 Å². The second kappa shape index (κ2) is 8.31. The van der Waals surface area contributed by atoms with E-state index in [0.717, 1.165) is 28.9 Å². The number of benzene rings is 2.